The van der Waals surface area contributed by atoms with Gasteiger partial charge in [-0.2, -0.15) is 0 Å². The van der Waals surface area contributed by atoms with Crippen LogP contribution in [0, 0.1) is 18.6 Å². The van der Waals surface area contributed by atoms with Gasteiger partial charge in [-0.25, -0.2) is 8.78 Å². The van der Waals surface area contributed by atoms with Crippen LogP contribution in [-0.4, -0.2) is 11.5 Å². The molecule has 2 aromatic rings. The van der Waals surface area contributed by atoms with Crippen molar-refractivity contribution < 1.29 is 8.78 Å². The maximum Gasteiger partial charge on any atom is 0.173 e. The van der Waals surface area contributed by atoms with Crippen molar-refractivity contribution in [2.75, 3.05) is 6.54 Å². The molecule has 0 bridgehead atoms. The van der Waals surface area contributed by atoms with E-state index in [0.29, 0.717) is 12.1 Å². The highest BCUT2D eigenvalue weighted by Gasteiger charge is 2.20. The molecule has 1 N–H and O–H groups in total. The second-order valence-corrected chi connectivity index (χ2v) is 5.28. The minimum absolute atomic E-state index is 0.143. The third kappa shape index (κ3) is 3.04. The minimum Gasteiger partial charge on any atom is -0.306 e. The molecule has 0 spiro atoms. The van der Waals surface area contributed by atoms with Gasteiger partial charge in [0, 0.05) is 11.9 Å². The monoisotopic (exact) mass is 340 g/mol. The lowest BCUT2D eigenvalue weighted by atomic mass is 9.99. The Balaban J connectivity index is 2.48. The fraction of sp³-hybridized carbons (Fsp3) is 0.267. The quantitative estimate of drug-likeness (QED) is 0.846. The molecule has 0 saturated heterocycles. The Morgan fingerprint density at radius 1 is 1.25 bits per heavy atom. The SMILES string of the molecule is CCNC(c1ccc(C)nc1)c1ccc(F)c(F)c1Br. The van der Waals surface area contributed by atoms with E-state index in [2.05, 4.69) is 26.2 Å². The van der Waals surface area contributed by atoms with Crippen LogP contribution in [0.4, 0.5) is 8.78 Å². The average molecular weight is 341 g/mol. The first-order chi connectivity index (χ1) is 9.54. The van der Waals surface area contributed by atoms with E-state index in [9.17, 15) is 8.78 Å². The normalized spacial score (nSPS) is 12.4. The second-order valence-electron chi connectivity index (χ2n) is 4.49. The molecule has 0 aliphatic carbocycles. The number of pyridine rings is 1. The highest BCUT2D eigenvalue weighted by atomic mass is 79.9. The molecule has 1 atom stereocenters. The summed E-state index contributed by atoms with van der Waals surface area (Å²) in [6.07, 6.45) is 1.75. The minimum atomic E-state index is -0.870. The summed E-state index contributed by atoms with van der Waals surface area (Å²) in [6.45, 7) is 4.56. The van der Waals surface area contributed by atoms with Gasteiger partial charge in [0.25, 0.3) is 0 Å². The predicted octanol–water partition coefficient (Wildman–Crippen LogP) is 4.13. The molecule has 1 aromatic carbocycles. The Bertz CT molecular complexity index is 600. The summed E-state index contributed by atoms with van der Waals surface area (Å²) in [7, 11) is 0. The topological polar surface area (TPSA) is 24.9 Å². The van der Waals surface area contributed by atoms with Crippen molar-refractivity contribution in [2.24, 2.45) is 0 Å². The molecule has 0 fully saturated rings. The van der Waals surface area contributed by atoms with Crippen molar-refractivity contribution in [2.45, 2.75) is 19.9 Å². The van der Waals surface area contributed by atoms with E-state index in [-0.39, 0.29) is 10.5 Å². The number of rotatable bonds is 4. The van der Waals surface area contributed by atoms with Crippen molar-refractivity contribution in [1.82, 2.24) is 10.3 Å². The van der Waals surface area contributed by atoms with E-state index in [0.717, 1.165) is 17.3 Å². The summed E-state index contributed by atoms with van der Waals surface area (Å²) in [4.78, 5) is 4.25. The molecule has 1 heterocycles. The molecule has 106 valence electrons. The van der Waals surface area contributed by atoms with Gasteiger partial charge in [-0.1, -0.05) is 19.1 Å². The van der Waals surface area contributed by atoms with Crippen LogP contribution in [0.3, 0.4) is 0 Å². The van der Waals surface area contributed by atoms with Gasteiger partial charge in [-0.3, -0.25) is 4.98 Å². The van der Waals surface area contributed by atoms with Crippen LogP contribution in [0.1, 0.15) is 29.8 Å². The van der Waals surface area contributed by atoms with Crippen LogP contribution < -0.4 is 5.32 Å². The largest absolute Gasteiger partial charge is 0.306 e. The van der Waals surface area contributed by atoms with E-state index in [4.69, 9.17) is 0 Å². The second kappa shape index (κ2) is 6.41. The number of nitrogens with zero attached hydrogens (tertiary/aromatic N) is 1. The lowest BCUT2D eigenvalue weighted by molar-refractivity contribution is 0.498. The molecule has 0 saturated carbocycles. The fourth-order valence-corrected chi connectivity index (χ4v) is 2.58. The molecule has 20 heavy (non-hydrogen) atoms. The lowest BCUT2D eigenvalue weighted by Crippen LogP contribution is -2.23. The van der Waals surface area contributed by atoms with Crippen molar-refractivity contribution in [1.29, 1.82) is 0 Å². The van der Waals surface area contributed by atoms with Crippen LogP contribution >= 0.6 is 15.9 Å². The summed E-state index contributed by atoms with van der Waals surface area (Å²) in [5.74, 6) is -1.73. The number of benzene rings is 1. The Kier molecular flexibility index (Phi) is 4.83. The lowest BCUT2D eigenvalue weighted by Gasteiger charge is -2.20. The average Bonchev–Trinajstić information content (AvgIpc) is 2.44. The molecular formula is C15H15BrF2N2. The van der Waals surface area contributed by atoms with Gasteiger partial charge in [0.2, 0.25) is 0 Å². The molecule has 0 amide bonds. The van der Waals surface area contributed by atoms with Crippen molar-refractivity contribution in [3.05, 3.63) is 63.4 Å². The van der Waals surface area contributed by atoms with Gasteiger partial charge in [0.1, 0.15) is 0 Å². The number of hydrogen-bond acceptors (Lipinski definition) is 2. The molecule has 2 rings (SSSR count). The van der Waals surface area contributed by atoms with Crippen LogP contribution in [0.5, 0.6) is 0 Å². The van der Waals surface area contributed by atoms with Crippen LogP contribution in [-0.2, 0) is 0 Å². The Morgan fingerprint density at radius 3 is 2.60 bits per heavy atom. The summed E-state index contributed by atoms with van der Waals surface area (Å²) in [5.41, 5.74) is 2.47. The van der Waals surface area contributed by atoms with Gasteiger partial charge >= 0.3 is 0 Å². The Labute approximate surface area is 125 Å². The van der Waals surface area contributed by atoms with Gasteiger partial charge in [-0.05, 0) is 52.7 Å². The number of hydrogen-bond donors (Lipinski definition) is 1. The number of aromatic nitrogens is 1. The van der Waals surface area contributed by atoms with E-state index in [1.54, 1.807) is 12.3 Å². The van der Waals surface area contributed by atoms with Gasteiger partial charge < -0.3 is 5.32 Å². The van der Waals surface area contributed by atoms with E-state index in [1.807, 2.05) is 26.0 Å². The zero-order valence-corrected chi connectivity index (χ0v) is 12.8. The number of halogens is 3. The first-order valence-corrected chi connectivity index (χ1v) is 7.13. The van der Waals surface area contributed by atoms with Crippen molar-refractivity contribution in [3.63, 3.8) is 0 Å². The third-order valence-electron chi connectivity index (χ3n) is 3.05. The summed E-state index contributed by atoms with van der Waals surface area (Å²) in [6, 6.07) is 6.31. The fourth-order valence-electron chi connectivity index (χ4n) is 2.03. The Morgan fingerprint density at radius 2 is 2.00 bits per heavy atom. The molecule has 0 aliphatic rings. The first kappa shape index (κ1) is 15.1. The third-order valence-corrected chi connectivity index (χ3v) is 3.86. The number of nitrogens with one attached hydrogen (secondary N) is 1. The molecule has 1 unspecified atom stereocenters. The smallest absolute Gasteiger partial charge is 0.173 e. The van der Waals surface area contributed by atoms with E-state index in [1.165, 1.54) is 0 Å². The summed E-state index contributed by atoms with van der Waals surface area (Å²) < 4.78 is 27.1. The molecule has 0 aliphatic heterocycles. The summed E-state index contributed by atoms with van der Waals surface area (Å²) >= 11 is 3.14. The van der Waals surface area contributed by atoms with Crippen LogP contribution in [0.15, 0.2) is 34.9 Å². The van der Waals surface area contributed by atoms with Crippen LogP contribution in [0.25, 0.3) is 0 Å². The molecule has 1 aromatic heterocycles. The highest BCUT2D eigenvalue weighted by molar-refractivity contribution is 9.10. The first-order valence-electron chi connectivity index (χ1n) is 6.34. The highest BCUT2D eigenvalue weighted by Crippen LogP contribution is 2.31. The number of aryl methyl sites for hydroxylation is 1. The van der Waals surface area contributed by atoms with E-state index >= 15 is 0 Å². The standard InChI is InChI=1S/C15H15BrF2N2/c1-3-19-15(10-5-4-9(2)20-8-10)11-6-7-12(17)14(18)13(11)16/h4-8,15,19H,3H2,1-2H3. The molecule has 5 heteroatoms. The zero-order valence-electron chi connectivity index (χ0n) is 11.3. The van der Waals surface area contributed by atoms with Gasteiger partial charge in [0.05, 0.1) is 10.5 Å². The van der Waals surface area contributed by atoms with E-state index < -0.39 is 11.6 Å². The van der Waals surface area contributed by atoms with Crippen molar-refractivity contribution >= 4 is 15.9 Å². The molecule has 2 nitrogen and oxygen atoms in total. The zero-order chi connectivity index (χ0) is 14.7. The maximum absolute atomic E-state index is 13.7. The Hall–Kier alpha value is -1.33. The maximum atomic E-state index is 13.7. The van der Waals surface area contributed by atoms with Gasteiger partial charge in [-0.15, -0.1) is 0 Å². The molecule has 0 radical (unpaired) electrons. The molecular weight excluding hydrogens is 326 g/mol. The predicted molar refractivity (Wildman–Crippen MR) is 78.6 cm³/mol. The summed E-state index contributed by atoms with van der Waals surface area (Å²) in [5, 5.41) is 3.26. The van der Waals surface area contributed by atoms with Crippen LogP contribution in [0.2, 0.25) is 0 Å². The van der Waals surface area contributed by atoms with Crippen molar-refractivity contribution in [3.8, 4) is 0 Å². The van der Waals surface area contributed by atoms with Gasteiger partial charge in [0.15, 0.2) is 11.6 Å².